The normalized spacial score (nSPS) is 46.3. The zero-order valence-electron chi connectivity index (χ0n) is 15.6. The smallest absolute Gasteiger partial charge is 0.307 e. The number of carbonyl (C=O) groups is 2. The van der Waals surface area contributed by atoms with E-state index in [1.165, 1.54) is 6.92 Å². The van der Waals surface area contributed by atoms with Crippen LogP contribution in [-0.2, 0) is 14.3 Å². The molecule has 4 rings (SSSR count). The Morgan fingerprint density at radius 3 is 2.60 bits per heavy atom. The summed E-state index contributed by atoms with van der Waals surface area (Å²) in [6, 6.07) is 0. The van der Waals surface area contributed by atoms with Gasteiger partial charge in [0.25, 0.3) is 0 Å². The molecule has 4 aliphatic rings. The minimum absolute atomic E-state index is 0.213. The topological polar surface area (TPSA) is 43.4 Å². The summed E-state index contributed by atoms with van der Waals surface area (Å²) >= 11 is 0. The summed E-state index contributed by atoms with van der Waals surface area (Å²) in [5, 5.41) is 0. The van der Waals surface area contributed by atoms with Crippen LogP contribution in [0.5, 0.6) is 0 Å². The molecule has 0 aliphatic heterocycles. The molecule has 0 N–H and O–H groups in total. The van der Waals surface area contributed by atoms with Crippen LogP contribution in [0.4, 0.5) is 4.39 Å². The number of carbonyl (C=O) groups excluding carboxylic acids is 2. The Hall–Kier alpha value is -1.19. The van der Waals surface area contributed by atoms with Crippen molar-refractivity contribution in [2.75, 3.05) is 0 Å². The third kappa shape index (κ3) is 2.43. The highest BCUT2D eigenvalue weighted by Crippen LogP contribution is 2.67. The molecule has 3 saturated carbocycles. The summed E-state index contributed by atoms with van der Waals surface area (Å²) in [5.74, 6) is 1.89. The van der Waals surface area contributed by atoms with Crippen molar-refractivity contribution in [2.24, 2.45) is 34.5 Å². The van der Waals surface area contributed by atoms with Gasteiger partial charge < -0.3 is 4.74 Å². The van der Waals surface area contributed by atoms with Crippen LogP contribution < -0.4 is 0 Å². The molecule has 4 heteroatoms. The Balaban J connectivity index is 1.63. The van der Waals surface area contributed by atoms with Gasteiger partial charge in [0, 0.05) is 31.6 Å². The molecule has 0 saturated heterocycles. The van der Waals surface area contributed by atoms with E-state index in [4.69, 9.17) is 4.74 Å². The van der Waals surface area contributed by atoms with Crippen LogP contribution in [0.3, 0.4) is 0 Å². The summed E-state index contributed by atoms with van der Waals surface area (Å²) in [4.78, 5) is 23.4. The van der Waals surface area contributed by atoms with E-state index >= 15 is 0 Å². The predicted molar refractivity (Wildman–Crippen MR) is 92.0 cm³/mol. The SMILES string of the molecule is CC(=O)OC1=C(F)C[C@H]2[C@@H]3CCC4CC(=O)CC[C@]4(C)[C@@H]3CC[C@]12C. The quantitative estimate of drug-likeness (QED) is 0.630. The number of esters is 1. The molecule has 0 aromatic heterocycles. The largest absolute Gasteiger partial charge is 0.428 e. The van der Waals surface area contributed by atoms with Crippen molar-refractivity contribution < 1.29 is 18.7 Å². The van der Waals surface area contributed by atoms with Crippen molar-refractivity contribution in [1.82, 2.24) is 0 Å². The van der Waals surface area contributed by atoms with Crippen molar-refractivity contribution in [3.05, 3.63) is 11.6 Å². The van der Waals surface area contributed by atoms with Gasteiger partial charge in [-0.15, -0.1) is 0 Å². The fraction of sp³-hybridized carbons (Fsp3) is 0.810. The number of rotatable bonds is 1. The second-order valence-electron chi connectivity index (χ2n) is 9.39. The molecular weight excluding hydrogens is 319 g/mol. The first-order valence-corrected chi connectivity index (χ1v) is 9.85. The van der Waals surface area contributed by atoms with E-state index in [1.807, 2.05) is 0 Å². The summed E-state index contributed by atoms with van der Waals surface area (Å²) in [6.07, 6.45) is 6.96. The van der Waals surface area contributed by atoms with E-state index < -0.39 is 5.97 Å². The van der Waals surface area contributed by atoms with Crippen molar-refractivity contribution in [3.63, 3.8) is 0 Å². The van der Waals surface area contributed by atoms with Gasteiger partial charge in [-0.25, -0.2) is 4.39 Å². The molecule has 138 valence electrons. The zero-order chi connectivity index (χ0) is 18.0. The standard InChI is InChI=1S/C21H29FO3/c1-12(23)25-19-18(22)11-17-15-5-4-13-10-14(24)6-8-20(13,2)16(15)7-9-21(17,19)3/h13,15-17H,4-11H2,1-3H3/t13?,15-,16-,17+,20+,21+/m1/s1. The number of halogens is 1. The van der Waals surface area contributed by atoms with Crippen LogP contribution in [0, 0.1) is 34.5 Å². The Morgan fingerprint density at radius 1 is 1.12 bits per heavy atom. The van der Waals surface area contributed by atoms with E-state index in [9.17, 15) is 14.0 Å². The molecule has 0 aromatic carbocycles. The van der Waals surface area contributed by atoms with E-state index in [0.29, 0.717) is 42.1 Å². The van der Waals surface area contributed by atoms with Gasteiger partial charge in [0.1, 0.15) is 17.4 Å². The fourth-order valence-electron chi connectivity index (χ4n) is 6.94. The number of fused-ring (bicyclic) bond motifs is 5. The number of ether oxygens (including phenoxy) is 1. The highest BCUT2D eigenvalue weighted by atomic mass is 19.1. The third-order valence-electron chi connectivity index (χ3n) is 8.28. The number of allylic oxidation sites excluding steroid dienone is 2. The lowest BCUT2D eigenvalue weighted by molar-refractivity contribution is -0.144. The molecule has 25 heavy (non-hydrogen) atoms. The van der Waals surface area contributed by atoms with Crippen LogP contribution in [0.2, 0.25) is 0 Å². The van der Waals surface area contributed by atoms with Crippen LogP contribution in [0.15, 0.2) is 11.6 Å². The summed E-state index contributed by atoms with van der Waals surface area (Å²) < 4.78 is 20.0. The molecule has 0 radical (unpaired) electrons. The van der Waals surface area contributed by atoms with Gasteiger partial charge >= 0.3 is 5.97 Å². The zero-order valence-corrected chi connectivity index (χ0v) is 15.6. The lowest BCUT2D eigenvalue weighted by Crippen LogP contribution is -2.53. The highest BCUT2D eigenvalue weighted by molar-refractivity contribution is 5.79. The molecule has 0 heterocycles. The van der Waals surface area contributed by atoms with Gasteiger partial charge in [0.05, 0.1) is 0 Å². The highest BCUT2D eigenvalue weighted by Gasteiger charge is 2.60. The summed E-state index contributed by atoms with van der Waals surface area (Å²) in [7, 11) is 0. The maximum absolute atomic E-state index is 14.7. The van der Waals surface area contributed by atoms with E-state index in [2.05, 4.69) is 13.8 Å². The van der Waals surface area contributed by atoms with Gasteiger partial charge in [-0.05, 0) is 61.2 Å². The molecule has 0 spiro atoms. The van der Waals surface area contributed by atoms with Crippen LogP contribution in [0.1, 0.15) is 72.1 Å². The number of ketones is 1. The van der Waals surface area contributed by atoms with E-state index in [-0.39, 0.29) is 22.6 Å². The second kappa shape index (κ2) is 5.65. The maximum atomic E-state index is 14.7. The molecule has 3 fully saturated rings. The van der Waals surface area contributed by atoms with Crippen molar-refractivity contribution in [2.45, 2.75) is 72.1 Å². The summed E-state index contributed by atoms with van der Waals surface area (Å²) in [6.45, 7) is 5.83. The van der Waals surface area contributed by atoms with Crippen molar-refractivity contribution >= 4 is 11.8 Å². The maximum Gasteiger partial charge on any atom is 0.307 e. The van der Waals surface area contributed by atoms with Crippen LogP contribution >= 0.6 is 0 Å². The molecule has 1 unspecified atom stereocenters. The number of hydrogen-bond donors (Lipinski definition) is 0. The second-order valence-corrected chi connectivity index (χ2v) is 9.39. The molecule has 4 aliphatic carbocycles. The first-order chi connectivity index (χ1) is 11.8. The molecule has 0 aromatic rings. The minimum atomic E-state index is -0.421. The monoisotopic (exact) mass is 348 g/mol. The molecular formula is C21H29FO3. The van der Waals surface area contributed by atoms with Gasteiger partial charge in [0.2, 0.25) is 0 Å². The minimum Gasteiger partial charge on any atom is -0.428 e. The third-order valence-corrected chi connectivity index (χ3v) is 8.28. The van der Waals surface area contributed by atoms with Gasteiger partial charge in [-0.3, -0.25) is 9.59 Å². The van der Waals surface area contributed by atoms with Gasteiger partial charge in [-0.1, -0.05) is 13.8 Å². The average molecular weight is 348 g/mol. The summed E-state index contributed by atoms with van der Waals surface area (Å²) in [5.41, 5.74) is -0.122. The molecule has 3 nitrogen and oxygen atoms in total. The predicted octanol–water partition coefficient (Wildman–Crippen LogP) is 4.95. The number of Topliss-reactive ketones (excluding diaryl/α,β-unsaturated/α-hetero) is 1. The first-order valence-electron chi connectivity index (χ1n) is 9.85. The molecule has 0 bridgehead atoms. The molecule has 6 atom stereocenters. The first kappa shape index (κ1) is 17.2. The van der Waals surface area contributed by atoms with Crippen LogP contribution in [0.25, 0.3) is 0 Å². The van der Waals surface area contributed by atoms with E-state index in [1.54, 1.807) is 0 Å². The van der Waals surface area contributed by atoms with Gasteiger partial charge in [0.15, 0.2) is 0 Å². The van der Waals surface area contributed by atoms with Crippen molar-refractivity contribution in [1.29, 1.82) is 0 Å². The lowest BCUT2D eigenvalue weighted by Gasteiger charge is -2.59. The lowest BCUT2D eigenvalue weighted by atomic mass is 9.45. The van der Waals surface area contributed by atoms with Gasteiger partial charge in [-0.2, -0.15) is 0 Å². The Kier molecular flexibility index (Phi) is 3.90. The average Bonchev–Trinajstić information content (AvgIpc) is 2.79. The molecule has 0 amide bonds. The fourth-order valence-corrected chi connectivity index (χ4v) is 6.94. The van der Waals surface area contributed by atoms with Crippen LogP contribution in [-0.4, -0.2) is 11.8 Å². The Bertz CT molecular complexity index is 654. The Morgan fingerprint density at radius 2 is 1.88 bits per heavy atom. The van der Waals surface area contributed by atoms with E-state index in [0.717, 1.165) is 38.5 Å². The Labute approximate surface area is 149 Å². The van der Waals surface area contributed by atoms with Crippen molar-refractivity contribution in [3.8, 4) is 0 Å². The number of hydrogen-bond acceptors (Lipinski definition) is 3.